The van der Waals surface area contributed by atoms with E-state index in [4.69, 9.17) is 14.5 Å². The highest BCUT2D eigenvalue weighted by Gasteiger charge is 2.32. The first-order chi connectivity index (χ1) is 31.3. The molecule has 13 rings (SSSR count). The second-order valence-electron chi connectivity index (χ2n) is 17.7. The predicted molar refractivity (Wildman–Crippen MR) is 262 cm³/mol. The van der Waals surface area contributed by atoms with Crippen LogP contribution in [-0.2, 0) is 5.41 Å². The average molecular weight is 829 g/mol. The van der Waals surface area contributed by atoms with E-state index in [-0.39, 0.29) is 5.41 Å². The van der Waals surface area contributed by atoms with Crippen molar-refractivity contribution in [2.45, 2.75) is 26.2 Å². The van der Waals surface area contributed by atoms with E-state index in [2.05, 4.69) is 211 Å². The van der Waals surface area contributed by atoms with Gasteiger partial charge in [0.15, 0.2) is 0 Å². The van der Waals surface area contributed by atoms with Gasteiger partial charge in [0.2, 0.25) is 0 Å². The summed E-state index contributed by atoms with van der Waals surface area (Å²) >= 11 is 0. The second kappa shape index (κ2) is 14.8. The SMILES string of the molecule is CC(C)(C)c1cc2ncc1-c1cccc(c1)Oc1cccc(c1)-c1cccc(-c3ccccc3)c1N1CN(c3cccc(c3)Oc3ccc4c5ccccc5n-2c4c3)c2ccccc21. The normalized spacial score (nSPS) is 13.0. The average Bonchev–Trinajstić information content (AvgIpc) is 3.87. The van der Waals surface area contributed by atoms with Crippen molar-refractivity contribution in [2.75, 3.05) is 16.5 Å². The Balaban J connectivity index is 1.09. The number of anilines is 4. The van der Waals surface area contributed by atoms with E-state index in [1.807, 2.05) is 24.4 Å². The molecule has 2 aromatic heterocycles. The van der Waals surface area contributed by atoms with E-state index in [9.17, 15) is 0 Å². The van der Waals surface area contributed by atoms with Crippen molar-refractivity contribution in [1.29, 1.82) is 0 Å². The number of para-hydroxylation sites is 4. The summed E-state index contributed by atoms with van der Waals surface area (Å²) in [4.78, 5) is 10.1. The molecule has 0 saturated carbocycles. The molecule has 12 bridgehead atoms. The zero-order chi connectivity index (χ0) is 42.9. The summed E-state index contributed by atoms with van der Waals surface area (Å²) in [5.41, 5.74) is 14.1. The van der Waals surface area contributed by atoms with Gasteiger partial charge in [-0.1, -0.05) is 130 Å². The van der Waals surface area contributed by atoms with Crippen LogP contribution in [0.5, 0.6) is 23.0 Å². The van der Waals surface area contributed by atoms with E-state index < -0.39 is 0 Å². The van der Waals surface area contributed by atoms with Crippen molar-refractivity contribution < 1.29 is 9.47 Å². The quantitative estimate of drug-likeness (QED) is 0.165. The third-order valence-corrected chi connectivity index (χ3v) is 12.6. The van der Waals surface area contributed by atoms with Gasteiger partial charge in [0.1, 0.15) is 35.5 Å². The van der Waals surface area contributed by atoms with Gasteiger partial charge in [-0.05, 0) is 100 Å². The van der Waals surface area contributed by atoms with Crippen LogP contribution in [-0.4, -0.2) is 16.2 Å². The zero-order valence-corrected chi connectivity index (χ0v) is 35.9. The van der Waals surface area contributed by atoms with Gasteiger partial charge < -0.3 is 19.3 Å². The Morgan fingerprint density at radius 1 is 0.453 bits per heavy atom. The Morgan fingerprint density at radius 3 is 1.78 bits per heavy atom. The molecule has 0 unspecified atom stereocenters. The van der Waals surface area contributed by atoms with Crippen LogP contribution < -0.4 is 19.3 Å². The molecular formula is C58H44N4O2. The molecule has 3 aliphatic heterocycles. The predicted octanol–water partition coefficient (Wildman–Crippen LogP) is 15.6. The number of hydrogen-bond donors (Lipinski definition) is 0. The number of aromatic nitrogens is 2. The summed E-state index contributed by atoms with van der Waals surface area (Å²) in [5.74, 6) is 3.88. The van der Waals surface area contributed by atoms with E-state index >= 15 is 0 Å². The molecule has 0 spiro atoms. The Kier molecular flexibility index (Phi) is 8.70. The molecule has 0 saturated heterocycles. The topological polar surface area (TPSA) is 42.8 Å². The Bertz CT molecular complexity index is 3440. The van der Waals surface area contributed by atoms with Gasteiger partial charge in [0.05, 0.1) is 28.1 Å². The highest BCUT2D eigenvalue weighted by molar-refractivity contribution is 6.09. The molecule has 0 amide bonds. The zero-order valence-electron chi connectivity index (χ0n) is 35.9. The van der Waals surface area contributed by atoms with Crippen LogP contribution in [0.2, 0.25) is 0 Å². The molecular weight excluding hydrogens is 785 g/mol. The maximum atomic E-state index is 6.81. The Hall–Kier alpha value is -8.09. The van der Waals surface area contributed by atoms with Crippen molar-refractivity contribution in [3.63, 3.8) is 0 Å². The first-order valence-electron chi connectivity index (χ1n) is 21.9. The first-order valence-corrected chi connectivity index (χ1v) is 21.9. The molecule has 0 radical (unpaired) electrons. The maximum absolute atomic E-state index is 6.81. The number of nitrogens with zero attached hydrogens (tertiary/aromatic N) is 4. The second-order valence-corrected chi connectivity index (χ2v) is 17.7. The summed E-state index contributed by atoms with van der Waals surface area (Å²) in [5, 5.41) is 2.30. The lowest BCUT2D eigenvalue weighted by Gasteiger charge is -2.27. The summed E-state index contributed by atoms with van der Waals surface area (Å²) in [6.07, 6.45) is 2.03. The minimum Gasteiger partial charge on any atom is -0.457 e. The fourth-order valence-corrected chi connectivity index (χ4v) is 9.66. The molecule has 3 aliphatic rings. The van der Waals surface area contributed by atoms with Crippen LogP contribution in [0, 0.1) is 0 Å². The lowest BCUT2D eigenvalue weighted by Crippen LogP contribution is -2.25. The molecule has 6 nitrogen and oxygen atoms in total. The molecule has 0 atom stereocenters. The van der Waals surface area contributed by atoms with Gasteiger partial charge in [-0.25, -0.2) is 4.98 Å². The van der Waals surface area contributed by atoms with Crippen LogP contribution in [0.25, 0.3) is 61.0 Å². The van der Waals surface area contributed by atoms with Crippen molar-refractivity contribution in [2.24, 2.45) is 0 Å². The lowest BCUT2D eigenvalue weighted by atomic mass is 9.82. The van der Waals surface area contributed by atoms with Crippen molar-refractivity contribution in [3.05, 3.63) is 206 Å². The molecule has 0 N–H and O–H groups in total. The number of pyridine rings is 1. The van der Waals surface area contributed by atoms with E-state index in [0.717, 1.165) is 107 Å². The number of rotatable bonds is 1. The van der Waals surface area contributed by atoms with Gasteiger partial charge in [0, 0.05) is 51.5 Å². The largest absolute Gasteiger partial charge is 0.457 e. The van der Waals surface area contributed by atoms with Crippen LogP contribution in [0.4, 0.5) is 22.7 Å². The maximum Gasteiger partial charge on any atom is 0.137 e. The molecule has 6 heteroatoms. The summed E-state index contributed by atoms with van der Waals surface area (Å²) in [7, 11) is 0. The molecule has 0 aliphatic carbocycles. The van der Waals surface area contributed by atoms with Gasteiger partial charge in [-0.3, -0.25) is 4.57 Å². The van der Waals surface area contributed by atoms with Crippen molar-refractivity contribution in [3.8, 4) is 62.2 Å². The molecule has 308 valence electrons. The van der Waals surface area contributed by atoms with Crippen molar-refractivity contribution in [1.82, 2.24) is 9.55 Å². The molecule has 8 aromatic carbocycles. The minimum absolute atomic E-state index is 0.196. The third kappa shape index (κ3) is 6.37. The molecule has 0 fully saturated rings. The van der Waals surface area contributed by atoms with Gasteiger partial charge in [-0.15, -0.1) is 0 Å². The fourth-order valence-electron chi connectivity index (χ4n) is 9.66. The van der Waals surface area contributed by atoms with Crippen LogP contribution in [0.1, 0.15) is 26.3 Å². The first kappa shape index (κ1) is 37.7. The number of fused-ring (bicyclic) bond motifs is 5. The van der Waals surface area contributed by atoms with Gasteiger partial charge in [0.25, 0.3) is 0 Å². The number of hydrogen-bond acceptors (Lipinski definition) is 5. The lowest BCUT2D eigenvalue weighted by molar-refractivity contribution is 0.483. The smallest absolute Gasteiger partial charge is 0.137 e. The van der Waals surface area contributed by atoms with Crippen LogP contribution in [0.15, 0.2) is 200 Å². The molecule has 64 heavy (non-hydrogen) atoms. The van der Waals surface area contributed by atoms with E-state index in [1.165, 1.54) is 5.56 Å². The summed E-state index contributed by atoms with van der Waals surface area (Å²) in [6, 6.07) is 68.5. The van der Waals surface area contributed by atoms with E-state index in [0.29, 0.717) is 6.67 Å². The van der Waals surface area contributed by atoms with Gasteiger partial charge >= 0.3 is 0 Å². The van der Waals surface area contributed by atoms with E-state index in [1.54, 1.807) is 0 Å². The highest BCUT2D eigenvalue weighted by Crippen LogP contribution is 2.51. The monoisotopic (exact) mass is 828 g/mol. The molecule has 10 aromatic rings. The van der Waals surface area contributed by atoms with Crippen LogP contribution in [0.3, 0.4) is 0 Å². The third-order valence-electron chi connectivity index (χ3n) is 12.6. The summed E-state index contributed by atoms with van der Waals surface area (Å²) < 4.78 is 15.9. The summed E-state index contributed by atoms with van der Waals surface area (Å²) in [6.45, 7) is 7.39. The standard InChI is InChI=1S/C58H44N4O2/c1-58(2,3)51-35-56-59-36-50(51)40-18-12-21-43(32-40)63-42-20-11-17-39(31-42)47-25-14-24-46(38-15-5-4-6-16-38)57(47)61-37-60(53-27-9-10-28-54(53)61)41-19-13-22-44(33-41)64-45-29-30-49-48-23-7-8-26-52(48)62(56)55(49)34-45/h4-36H,37H2,1-3H3. The Morgan fingerprint density at radius 2 is 1.03 bits per heavy atom. The van der Waals surface area contributed by atoms with Gasteiger partial charge in [-0.2, -0.15) is 0 Å². The van der Waals surface area contributed by atoms with Crippen LogP contribution >= 0.6 is 0 Å². The minimum atomic E-state index is -0.196. The Labute approximate surface area is 372 Å². The van der Waals surface area contributed by atoms with Crippen molar-refractivity contribution >= 4 is 44.6 Å². The molecule has 5 heterocycles. The highest BCUT2D eigenvalue weighted by atomic mass is 16.5. The number of benzene rings is 8. The number of ether oxygens (including phenoxy) is 2. The fraction of sp³-hybridized carbons (Fsp3) is 0.0862.